The van der Waals surface area contributed by atoms with Gasteiger partial charge in [-0.1, -0.05) is 45.8 Å². The molecule has 0 unspecified atom stereocenters. The maximum atomic E-state index is 13.7. The Morgan fingerprint density at radius 3 is 2.56 bits per heavy atom. The molecular weight excluding hydrogens is 506 g/mol. The lowest BCUT2D eigenvalue weighted by atomic mass is 9.91. The highest BCUT2D eigenvalue weighted by Gasteiger charge is 2.30. The first kappa shape index (κ1) is 31.2. The van der Waals surface area contributed by atoms with Crippen molar-refractivity contribution in [3.8, 4) is 0 Å². The highest BCUT2D eigenvalue weighted by molar-refractivity contribution is 7.18. The predicted molar refractivity (Wildman–Crippen MR) is 161 cm³/mol. The molecular formula is C32H47N3O3S. The Morgan fingerprint density at radius 2 is 1.90 bits per heavy atom. The quantitative estimate of drug-likeness (QED) is 0.241. The third kappa shape index (κ3) is 9.95. The van der Waals surface area contributed by atoms with E-state index in [-0.39, 0.29) is 29.9 Å². The summed E-state index contributed by atoms with van der Waals surface area (Å²) < 4.78 is 1.12. The smallest absolute Gasteiger partial charge is 0.224 e. The Labute approximate surface area is 238 Å². The fourth-order valence-corrected chi connectivity index (χ4v) is 6.52. The zero-order valence-corrected chi connectivity index (χ0v) is 25.3. The molecule has 214 valence electrons. The summed E-state index contributed by atoms with van der Waals surface area (Å²) in [5, 5.41) is 4.21. The third-order valence-electron chi connectivity index (χ3n) is 7.69. The normalized spacial score (nSPS) is 16.0. The Kier molecular flexibility index (Phi) is 12.3. The minimum atomic E-state index is -0.450. The van der Waals surface area contributed by atoms with Crippen LogP contribution in [0, 0.1) is 11.8 Å². The van der Waals surface area contributed by atoms with Gasteiger partial charge in [0.2, 0.25) is 5.91 Å². The van der Waals surface area contributed by atoms with Gasteiger partial charge in [-0.3, -0.25) is 14.4 Å². The Balaban J connectivity index is 1.73. The van der Waals surface area contributed by atoms with Crippen LogP contribution < -0.4 is 5.32 Å². The van der Waals surface area contributed by atoms with Gasteiger partial charge in [-0.15, -0.1) is 11.3 Å². The lowest BCUT2D eigenvalue weighted by Gasteiger charge is -2.27. The van der Waals surface area contributed by atoms with Crippen molar-refractivity contribution in [1.82, 2.24) is 15.2 Å². The van der Waals surface area contributed by atoms with Crippen LogP contribution in [-0.2, 0) is 20.8 Å². The van der Waals surface area contributed by atoms with Crippen LogP contribution in [0.3, 0.4) is 0 Å². The van der Waals surface area contributed by atoms with E-state index >= 15 is 0 Å². The molecule has 1 fully saturated rings. The van der Waals surface area contributed by atoms with Crippen molar-refractivity contribution in [3.05, 3.63) is 40.9 Å². The van der Waals surface area contributed by atoms with Crippen LogP contribution in [0.4, 0.5) is 0 Å². The van der Waals surface area contributed by atoms with E-state index in [9.17, 15) is 14.4 Å². The number of aromatic nitrogens is 1. The number of hydrogen-bond acceptors (Lipinski definition) is 6. The van der Waals surface area contributed by atoms with Crippen molar-refractivity contribution in [3.63, 3.8) is 0 Å². The number of nitrogens with zero attached hydrogens (tertiary/aromatic N) is 2. The van der Waals surface area contributed by atoms with Crippen LogP contribution in [-0.4, -0.2) is 54.0 Å². The third-order valence-corrected chi connectivity index (χ3v) is 8.73. The minimum absolute atomic E-state index is 0.0426. The van der Waals surface area contributed by atoms with E-state index in [2.05, 4.69) is 37.4 Å². The molecule has 0 aliphatic heterocycles. The van der Waals surface area contributed by atoms with Crippen LogP contribution in [0.15, 0.2) is 30.4 Å². The van der Waals surface area contributed by atoms with Gasteiger partial charge in [0.05, 0.1) is 21.1 Å². The number of Topliss-reactive ketones (excluding diaryl/α,β-unsaturated/α-hetero) is 1. The molecule has 1 heterocycles. The maximum Gasteiger partial charge on any atom is 0.224 e. The number of likely N-dealkylation sites (N-methyl/N-ethyl adjacent to an activating group) is 1. The zero-order chi connectivity index (χ0) is 28.4. The molecule has 1 amide bonds. The van der Waals surface area contributed by atoms with Crippen LogP contribution in [0.2, 0.25) is 0 Å². The molecule has 1 aromatic heterocycles. The molecule has 1 aromatic carbocycles. The number of carbonyl (C=O) groups is 3. The number of fused-ring (bicyclic) bond motifs is 1. The molecule has 3 rings (SSSR count). The second kappa shape index (κ2) is 15.4. The number of ketones is 2. The fraction of sp³-hybridized carbons (Fsp3) is 0.625. The van der Waals surface area contributed by atoms with E-state index in [1.165, 1.54) is 5.56 Å². The monoisotopic (exact) mass is 553 g/mol. The zero-order valence-electron chi connectivity index (χ0n) is 24.5. The molecule has 0 saturated heterocycles. The molecule has 1 aliphatic rings. The summed E-state index contributed by atoms with van der Waals surface area (Å²) in [5.74, 6) is 0.519. The molecule has 1 aliphatic carbocycles. The molecule has 7 heteroatoms. The lowest BCUT2D eigenvalue weighted by molar-refractivity contribution is -0.130. The molecule has 39 heavy (non-hydrogen) atoms. The van der Waals surface area contributed by atoms with Gasteiger partial charge >= 0.3 is 0 Å². The van der Waals surface area contributed by atoms with Gasteiger partial charge in [-0.05, 0) is 75.4 Å². The average molecular weight is 554 g/mol. The molecule has 0 spiro atoms. The van der Waals surface area contributed by atoms with Crippen LogP contribution in [0.5, 0.6) is 0 Å². The van der Waals surface area contributed by atoms with Gasteiger partial charge in [0, 0.05) is 38.3 Å². The Morgan fingerprint density at radius 1 is 1.15 bits per heavy atom. The van der Waals surface area contributed by atoms with Gasteiger partial charge in [0.25, 0.3) is 0 Å². The van der Waals surface area contributed by atoms with E-state index in [4.69, 9.17) is 4.98 Å². The molecule has 0 radical (unpaired) electrons. The van der Waals surface area contributed by atoms with Crippen molar-refractivity contribution in [1.29, 1.82) is 0 Å². The highest BCUT2D eigenvalue weighted by atomic mass is 32.1. The number of nitrogens with one attached hydrogen (secondary N) is 1. The minimum Gasteiger partial charge on any atom is -0.353 e. The number of carbonyl (C=O) groups excluding carboxylic acids is 3. The average Bonchev–Trinajstić information content (AvgIpc) is 3.55. The lowest BCUT2D eigenvalue weighted by Crippen LogP contribution is -2.44. The Bertz CT molecular complexity index is 1130. The van der Waals surface area contributed by atoms with Crippen molar-refractivity contribution in [2.24, 2.45) is 11.8 Å². The molecule has 2 atom stereocenters. The number of rotatable bonds is 16. The summed E-state index contributed by atoms with van der Waals surface area (Å²) in [7, 11) is 3.94. The van der Waals surface area contributed by atoms with Gasteiger partial charge in [-0.25, -0.2) is 4.98 Å². The molecule has 6 nitrogen and oxygen atoms in total. The largest absolute Gasteiger partial charge is 0.353 e. The summed E-state index contributed by atoms with van der Waals surface area (Å²) in [4.78, 5) is 45.7. The van der Waals surface area contributed by atoms with Crippen LogP contribution in [0.25, 0.3) is 10.2 Å². The summed E-state index contributed by atoms with van der Waals surface area (Å²) in [6.07, 6.45) is 11.0. The van der Waals surface area contributed by atoms with E-state index in [1.807, 2.05) is 32.0 Å². The summed E-state index contributed by atoms with van der Waals surface area (Å²) >= 11 is 1.62. The van der Waals surface area contributed by atoms with Gasteiger partial charge in [0.1, 0.15) is 5.78 Å². The van der Waals surface area contributed by atoms with Gasteiger partial charge < -0.3 is 10.2 Å². The summed E-state index contributed by atoms with van der Waals surface area (Å²) in [6, 6.07) is 6.33. The first-order valence-corrected chi connectivity index (χ1v) is 15.5. The topological polar surface area (TPSA) is 79.4 Å². The van der Waals surface area contributed by atoms with Crippen molar-refractivity contribution < 1.29 is 14.4 Å². The second-order valence-corrected chi connectivity index (χ2v) is 12.8. The van der Waals surface area contributed by atoms with E-state index in [0.29, 0.717) is 37.5 Å². The van der Waals surface area contributed by atoms with Crippen molar-refractivity contribution in [2.75, 3.05) is 20.6 Å². The first-order valence-electron chi connectivity index (χ1n) is 14.7. The van der Waals surface area contributed by atoms with Crippen LogP contribution >= 0.6 is 11.3 Å². The van der Waals surface area contributed by atoms with Gasteiger partial charge in [0.15, 0.2) is 5.78 Å². The SMILES string of the molecule is CCCC(=O)C[C@@H](Cc1nc2ccc(C(C)C)cc2s1)C(=O)N[C@H](CCC(=O)/C=C/CN(C)C)C1CCCC1. The Hall–Kier alpha value is -2.38. The highest BCUT2D eigenvalue weighted by Crippen LogP contribution is 2.31. The number of hydrogen-bond donors (Lipinski definition) is 1. The standard InChI is InChI=1S/C32H47N3O3S/c1-6-10-27(37)19-25(21-31-33-29-16-14-24(22(2)3)20-30(29)39-31)32(38)34-28(23-11-7-8-12-23)17-15-26(36)13-9-18-35(4)5/h9,13-14,16,20,22-23,25,28H,6-8,10-12,15,17-19,21H2,1-5H3,(H,34,38)/b13-9+/t25-,28+/m0/s1. The second-order valence-electron chi connectivity index (χ2n) is 11.7. The number of allylic oxidation sites excluding steroid dienone is 1. The van der Waals surface area contributed by atoms with Gasteiger partial charge in [-0.2, -0.15) is 0 Å². The molecule has 0 bridgehead atoms. The number of benzene rings is 1. The molecule has 1 saturated carbocycles. The van der Waals surface area contributed by atoms with Crippen molar-refractivity contribution >= 4 is 39.0 Å². The molecule has 1 N–H and O–H groups in total. The summed E-state index contributed by atoms with van der Waals surface area (Å²) in [5.41, 5.74) is 2.22. The first-order chi connectivity index (χ1) is 18.7. The van der Waals surface area contributed by atoms with E-state index in [0.717, 1.165) is 53.9 Å². The molecule has 2 aromatic rings. The predicted octanol–water partition coefficient (Wildman–Crippen LogP) is 6.48. The van der Waals surface area contributed by atoms with E-state index in [1.54, 1.807) is 17.4 Å². The van der Waals surface area contributed by atoms with Crippen LogP contribution in [0.1, 0.15) is 95.0 Å². The summed E-state index contributed by atoms with van der Waals surface area (Å²) in [6.45, 7) is 7.08. The number of thiazole rings is 1. The maximum absolute atomic E-state index is 13.7. The van der Waals surface area contributed by atoms with E-state index < -0.39 is 5.92 Å². The van der Waals surface area contributed by atoms with Crippen molar-refractivity contribution in [2.45, 2.75) is 96.9 Å². The number of amides is 1. The fourth-order valence-electron chi connectivity index (χ4n) is 5.42.